The number of hydrogen-bond donors (Lipinski definition) is 3. The lowest BCUT2D eigenvalue weighted by Crippen LogP contribution is -2.24. The van der Waals surface area contributed by atoms with Crippen LogP contribution >= 0.6 is 30.1 Å². The normalized spacial score (nSPS) is 22.6. The zero-order valence-electron chi connectivity index (χ0n) is 13.3. The Hall–Kier alpha value is -1.06. The minimum absolute atomic E-state index is 0.230. The fraction of sp³-hybridized carbons (Fsp3) is 0.467. The maximum Gasteiger partial charge on any atom is 0.148 e. The molecule has 0 radical (unpaired) electrons. The summed E-state index contributed by atoms with van der Waals surface area (Å²) in [6, 6.07) is 0. The highest BCUT2D eigenvalue weighted by atomic mass is 127. The molecule has 1 aliphatic heterocycles. The molecule has 0 spiro atoms. The zero-order chi connectivity index (χ0) is 17.7. The van der Waals surface area contributed by atoms with Gasteiger partial charge >= 0.3 is 0 Å². The molecule has 3 rings (SSSR count). The number of anilines is 1. The quantitative estimate of drug-likeness (QED) is 0.464. The van der Waals surface area contributed by atoms with Gasteiger partial charge in [0, 0.05) is 33.8 Å². The maximum absolute atomic E-state index is 9.91. The Labute approximate surface area is 156 Å². The second-order valence-corrected chi connectivity index (χ2v) is 6.51. The lowest BCUT2D eigenvalue weighted by molar-refractivity contribution is -0.0430. The van der Waals surface area contributed by atoms with Crippen molar-refractivity contribution in [2.45, 2.75) is 38.7 Å². The SMILES string of the molecule is CC.Nc1ncnc2c1c(C#CSI)cn2C1CC(O)C(CO)O1. The second kappa shape index (κ2) is 8.87. The number of ether oxygens (including phenoxy) is 1. The van der Waals surface area contributed by atoms with Gasteiger partial charge in [0.15, 0.2) is 0 Å². The fourth-order valence-electron chi connectivity index (χ4n) is 2.55. The largest absolute Gasteiger partial charge is 0.394 e. The van der Waals surface area contributed by atoms with Crippen LogP contribution < -0.4 is 5.73 Å². The summed E-state index contributed by atoms with van der Waals surface area (Å²) < 4.78 is 7.47. The van der Waals surface area contributed by atoms with Crippen molar-refractivity contribution in [3.63, 3.8) is 0 Å². The molecule has 3 unspecified atom stereocenters. The van der Waals surface area contributed by atoms with Gasteiger partial charge in [-0.3, -0.25) is 0 Å². The van der Waals surface area contributed by atoms with Gasteiger partial charge in [-0.1, -0.05) is 19.8 Å². The van der Waals surface area contributed by atoms with E-state index in [4.69, 9.17) is 10.5 Å². The van der Waals surface area contributed by atoms with Crippen LogP contribution in [0.1, 0.15) is 32.1 Å². The Kier molecular flexibility index (Phi) is 7.12. The van der Waals surface area contributed by atoms with Crippen LogP contribution in [0.4, 0.5) is 5.82 Å². The summed E-state index contributed by atoms with van der Waals surface area (Å²) in [6.07, 6.45) is 1.81. The van der Waals surface area contributed by atoms with Gasteiger partial charge in [-0.05, 0) is 14.2 Å². The molecule has 0 saturated carbocycles. The number of aliphatic hydroxyl groups is 2. The summed E-state index contributed by atoms with van der Waals surface area (Å²) >= 11 is 2.09. The number of nitrogens with two attached hydrogens (primary N) is 1. The van der Waals surface area contributed by atoms with Gasteiger partial charge in [0.2, 0.25) is 0 Å². The Bertz CT molecular complexity index is 758. The van der Waals surface area contributed by atoms with Crippen LogP contribution in [0.15, 0.2) is 12.5 Å². The van der Waals surface area contributed by atoms with E-state index in [1.165, 1.54) is 15.3 Å². The van der Waals surface area contributed by atoms with E-state index >= 15 is 0 Å². The van der Waals surface area contributed by atoms with E-state index in [9.17, 15) is 10.2 Å². The molecule has 130 valence electrons. The lowest BCUT2D eigenvalue weighted by atomic mass is 10.2. The predicted octanol–water partition coefficient (Wildman–Crippen LogP) is 2.07. The standard InChI is InChI=1S/C13H13IN4O3S.C2H6/c14-22-2-1-7-4-18(10-3-8(20)9(5-19)21-10)13-11(7)12(15)16-6-17-13;1-2/h4,6,8-10,19-20H,3,5H2,(H2,15,16,17);1-2H3. The summed E-state index contributed by atoms with van der Waals surface area (Å²) in [6.45, 7) is 3.77. The number of rotatable bonds is 2. The van der Waals surface area contributed by atoms with Gasteiger partial charge in [-0.2, -0.15) is 0 Å². The highest BCUT2D eigenvalue weighted by molar-refractivity contribution is 14.2. The summed E-state index contributed by atoms with van der Waals surface area (Å²) in [5, 5.41) is 22.7. The van der Waals surface area contributed by atoms with Crippen molar-refractivity contribution in [1.82, 2.24) is 14.5 Å². The van der Waals surface area contributed by atoms with Gasteiger partial charge in [0.25, 0.3) is 0 Å². The van der Waals surface area contributed by atoms with Crippen LogP contribution in [-0.2, 0) is 4.74 Å². The summed E-state index contributed by atoms with van der Waals surface area (Å²) in [4.78, 5) is 8.27. The number of nitrogen functional groups attached to an aromatic ring is 1. The van der Waals surface area contributed by atoms with E-state index in [-0.39, 0.29) is 6.61 Å². The molecule has 1 saturated heterocycles. The Morgan fingerprint density at radius 3 is 2.88 bits per heavy atom. The third-order valence-electron chi connectivity index (χ3n) is 3.56. The number of fused-ring (bicyclic) bond motifs is 1. The first kappa shape index (κ1) is 19.3. The lowest BCUT2D eigenvalue weighted by Gasteiger charge is -2.14. The van der Waals surface area contributed by atoms with E-state index in [0.29, 0.717) is 28.8 Å². The van der Waals surface area contributed by atoms with E-state index in [1.54, 1.807) is 10.8 Å². The Balaban J connectivity index is 0.00000100. The Morgan fingerprint density at radius 2 is 2.25 bits per heavy atom. The summed E-state index contributed by atoms with van der Waals surface area (Å²) in [5.41, 5.74) is 7.26. The monoisotopic (exact) mass is 462 g/mol. The number of nitrogens with zero attached hydrogens (tertiary/aromatic N) is 3. The van der Waals surface area contributed by atoms with Crippen molar-refractivity contribution in [1.29, 1.82) is 0 Å². The average Bonchev–Trinajstić information content (AvgIpc) is 3.16. The molecule has 24 heavy (non-hydrogen) atoms. The molecule has 0 aliphatic carbocycles. The average molecular weight is 462 g/mol. The second-order valence-electron chi connectivity index (χ2n) is 4.83. The van der Waals surface area contributed by atoms with Crippen molar-refractivity contribution in [2.75, 3.05) is 12.3 Å². The maximum atomic E-state index is 9.91. The highest BCUT2D eigenvalue weighted by Gasteiger charge is 2.35. The molecule has 4 N–H and O–H groups in total. The molecular formula is C15H19IN4O3S. The Morgan fingerprint density at radius 1 is 1.50 bits per heavy atom. The van der Waals surface area contributed by atoms with Crippen LogP contribution in [0, 0.1) is 11.2 Å². The summed E-state index contributed by atoms with van der Waals surface area (Å²) in [5.74, 6) is 3.37. The van der Waals surface area contributed by atoms with Crippen molar-refractivity contribution >= 4 is 47.0 Å². The third-order valence-corrected chi connectivity index (χ3v) is 4.40. The highest BCUT2D eigenvalue weighted by Crippen LogP contribution is 2.33. The van der Waals surface area contributed by atoms with Gasteiger partial charge in [0.1, 0.15) is 30.1 Å². The third kappa shape index (κ3) is 3.78. The van der Waals surface area contributed by atoms with Gasteiger partial charge in [0.05, 0.1) is 23.7 Å². The first-order valence-corrected chi connectivity index (χ1v) is 10.9. The van der Waals surface area contributed by atoms with E-state index < -0.39 is 18.4 Å². The number of aliphatic hydroxyl groups excluding tert-OH is 2. The fourth-order valence-corrected chi connectivity index (χ4v) is 3.03. The van der Waals surface area contributed by atoms with Gasteiger partial charge < -0.3 is 25.3 Å². The molecule has 0 aromatic carbocycles. The van der Waals surface area contributed by atoms with Crippen LogP contribution in [0.2, 0.25) is 0 Å². The van der Waals surface area contributed by atoms with E-state index in [2.05, 4.69) is 42.3 Å². The number of hydrogen-bond acceptors (Lipinski definition) is 7. The molecule has 0 bridgehead atoms. The van der Waals surface area contributed by atoms with Crippen LogP contribution in [0.3, 0.4) is 0 Å². The molecule has 1 fully saturated rings. The molecule has 7 nitrogen and oxygen atoms in total. The molecule has 3 heterocycles. The topological polar surface area (TPSA) is 106 Å². The first-order chi connectivity index (χ1) is 11.7. The minimum atomic E-state index is -0.717. The van der Waals surface area contributed by atoms with Crippen LogP contribution in [0.5, 0.6) is 0 Å². The molecular weight excluding hydrogens is 443 g/mol. The molecule has 3 atom stereocenters. The van der Waals surface area contributed by atoms with Crippen molar-refractivity contribution < 1.29 is 14.9 Å². The molecule has 2 aromatic rings. The van der Waals surface area contributed by atoms with Gasteiger partial charge in [-0.15, -0.1) is 0 Å². The molecule has 2 aromatic heterocycles. The van der Waals surface area contributed by atoms with E-state index in [1.807, 2.05) is 13.8 Å². The zero-order valence-corrected chi connectivity index (χ0v) is 16.3. The van der Waals surface area contributed by atoms with E-state index in [0.717, 1.165) is 0 Å². The van der Waals surface area contributed by atoms with Crippen LogP contribution in [-0.4, -0.2) is 43.6 Å². The number of halogens is 1. The van der Waals surface area contributed by atoms with Crippen molar-refractivity contribution in [3.8, 4) is 11.2 Å². The van der Waals surface area contributed by atoms with Crippen molar-refractivity contribution in [2.24, 2.45) is 0 Å². The molecule has 0 amide bonds. The predicted molar refractivity (Wildman–Crippen MR) is 103 cm³/mol. The molecule has 1 aliphatic rings. The minimum Gasteiger partial charge on any atom is -0.394 e. The van der Waals surface area contributed by atoms with Gasteiger partial charge in [-0.25, -0.2) is 9.97 Å². The number of aromatic nitrogens is 3. The smallest absolute Gasteiger partial charge is 0.148 e. The van der Waals surface area contributed by atoms with Crippen molar-refractivity contribution in [3.05, 3.63) is 18.1 Å². The summed E-state index contributed by atoms with van der Waals surface area (Å²) in [7, 11) is 1.37. The van der Waals surface area contributed by atoms with Crippen LogP contribution in [0.25, 0.3) is 11.0 Å². The molecule has 9 heteroatoms. The first-order valence-electron chi connectivity index (χ1n) is 7.49.